The molecule has 1 aliphatic carbocycles. The van der Waals surface area contributed by atoms with Crippen LogP contribution in [0, 0.1) is 0 Å². The van der Waals surface area contributed by atoms with Crippen molar-refractivity contribution in [2.75, 3.05) is 0 Å². The van der Waals surface area contributed by atoms with Crippen molar-refractivity contribution in [2.45, 2.75) is 25.3 Å². The van der Waals surface area contributed by atoms with E-state index in [1.54, 1.807) is 4.88 Å². The number of rotatable bonds is 2. The first-order valence-electron chi connectivity index (χ1n) is 5.10. The van der Waals surface area contributed by atoms with Gasteiger partial charge in [0.05, 0.1) is 0 Å². The maximum absolute atomic E-state index is 5.72. The minimum absolute atomic E-state index is 0.655. The van der Waals surface area contributed by atoms with Gasteiger partial charge in [0.15, 0.2) is 0 Å². The van der Waals surface area contributed by atoms with Gasteiger partial charge in [0.1, 0.15) is 0 Å². The second-order valence-electron chi connectivity index (χ2n) is 3.96. The fourth-order valence-electron chi connectivity index (χ4n) is 1.87. The van der Waals surface area contributed by atoms with E-state index in [0.717, 1.165) is 5.92 Å². The van der Waals surface area contributed by atoms with Crippen molar-refractivity contribution in [2.24, 2.45) is 5.73 Å². The Labute approximate surface area is 87.5 Å². The van der Waals surface area contributed by atoms with Gasteiger partial charge in [-0.15, -0.1) is 11.3 Å². The molecule has 0 saturated heterocycles. The summed E-state index contributed by atoms with van der Waals surface area (Å²) in [5, 5.41) is 1.37. The van der Waals surface area contributed by atoms with Gasteiger partial charge in [-0.2, -0.15) is 0 Å². The van der Waals surface area contributed by atoms with E-state index in [0.29, 0.717) is 6.54 Å². The summed E-state index contributed by atoms with van der Waals surface area (Å²) in [6.45, 7) is 0.655. The Kier molecular flexibility index (Phi) is 1.85. The number of benzene rings is 1. The molecule has 1 heterocycles. The van der Waals surface area contributed by atoms with Crippen molar-refractivity contribution in [3.8, 4) is 0 Å². The number of fused-ring (bicyclic) bond motifs is 1. The zero-order chi connectivity index (χ0) is 9.54. The van der Waals surface area contributed by atoms with Gasteiger partial charge in [-0.1, -0.05) is 18.2 Å². The van der Waals surface area contributed by atoms with Crippen LogP contribution >= 0.6 is 11.3 Å². The summed E-state index contributed by atoms with van der Waals surface area (Å²) >= 11 is 1.94. The zero-order valence-electron chi connectivity index (χ0n) is 7.99. The Morgan fingerprint density at radius 1 is 1.36 bits per heavy atom. The molecule has 2 aromatic rings. The van der Waals surface area contributed by atoms with Crippen LogP contribution in [0.25, 0.3) is 10.1 Å². The molecule has 14 heavy (non-hydrogen) atoms. The molecule has 0 amide bonds. The van der Waals surface area contributed by atoms with Crippen LogP contribution in [0.5, 0.6) is 0 Å². The van der Waals surface area contributed by atoms with Gasteiger partial charge in [-0.05, 0) is 35.8 Å². The molecule has 0 radical (unpaired) electrons. The summed E-state index contributed by atoms with van der Waals surface area (Å²) in [5.74, 6) is 0.859. The monoisotopic (exact) mass is 203 g/mol. The van der Waals surface area contributed by atoms with Crippen LogP contribution in [0.15, 0.2) is 24.3 Å². The van der Waals surface area contributed by atoms with E-state index in [2.05, 4.69) is 24.3 Å². The first kappa shape index (κ1) is 8.45. The molecule has 3 rings (SSSR count). The highest BCUT2D eigenvalue weighted by molar-refractivity contribution is 7.19. The van der Waals surface area contributed by atoms with Crippen LogP contribution in [-0.4, -0.2) is 0 Å². The van der Waals surface area contributed by atoms with Crippen molar-refractivity contribution in [3.05, 3.63) is 34.7 Å². The molecule has 1 nitrogen and oxygen atoms in total. The summed E-state index contributed by atoms with van der Waals surface area (Å²) < 4.78 is 1.40. The van der Waals surface area contributed by atoms with Gasteiger partial charge in [0.2, 0.25) is 0 Å². The van der Waals surface area contributed by atoms with Crippen molar-refractivity contribution in [3.63, 3.8) is 0 Å². The minimum atomic E-state index is 0.655. The molecule has 2 N–H and O–H groups in total. The number of nitrogens with two attached hydrogens (primary N) is 1. The minimum Gasteiger partial charge on any atom is -0.326 e. The zero-order valence-corrected chi connectivity index (χ0v) is 8.81. The summed E-state index contributed by atoms with van der Waals surface area (Å²) in [6, 6.07) is 8.77. The second-order valence-corrected chi connectivity index (χ2v) is 5.05. The quantitative estimate of drug-likeness (QED) is 0.796. The third-order valence-electron chi connectivity index (χ3n) is 2.84. The lowest BCUT2D eigenvalue weighted by Crippen LogP contribution is -1.95. The molecule has 1 aromatic carbocycles. The van der Waals surface area contributed by atoms with Gasteiger partial charge in [-0.25, -0.2) is 0 Å². The van der Waals surface area contributed by atoms with E-state index in [9.17, 15) is 0 Å². The van der Waals surface area contributed by atoms with E-state index in [4.69, 9.17) is 5.73 Å². The highest BCUT2D eigenvalue weighted by Gasteiger charge is 2.25. The first-order chi connectivity index (χ1) is 6.88. The lowest BCUT2D eigenvalue weighted by Gasteiger charge is -1.96. The Bertz CT molecular complexity index is 468. The lowest BCUT2D eigenvalue weighted by molar-refractivity contribution is 1.09. The molecule has 0 aliphatic heterocycles. The third-order valence-corrected chi connectivity index (χ3v) is 4.23. The third kappa shape index (κ3) is 1.26. The van der Waals surface area contributed by atoms with Crippen LogP contribution in [0.1, 0.15) is 29.2 Å². The van der Waals surface area contributed by atoms with E-state index in [1.807, 2.05) is 11.3 Å². The van der Waals surface area contributed by atoms with Crippen LogP contribution in [0.4, 0.5) is 0 Å². The van der Waals surface area contributed by atoms with Crippen LogP contribution < -0.4 is 5.73 Å². The van der Waals surface area contributed by atoms with Gasteiger partial charge in [-0.3, -0.25) is 0 Å². The first-order valence-corrected chi connectivity index (χ1v) is 5.91. The number of thiophene rings is 1. The van der Waals surface area contributed by atoms with E-state index in [1.165, 1.54) is 28.5 Å². The topological polar surface area (TPSA) is 26.0 Å². The molecule has 1 fully saturated rings. The molecule has 72 valence electrons. The second kappa shape index (κ2) is 3.07. The Morgan fingerprint density at radius 2 is 2.21 bits per heavy atom. The highest BCUT2D eigenvalue weighted by atomic mass is 32.1. The fraction of sp³-hybridized carbons (Fsp3) is 0.333. The van der Waals surface area contributed by atoms with Gasteiger partial charge in [0, 0.05) is 16.1 Å². The molecule has 1 aliphatic rings. The summed E-state index contributed by atoms with van der Waals surface area (Å²) in [5.41, 5.74) is 7.01. The van der Waals surface area contributed by atoms with E-state index < -0.39 is 0 Å². The Morgan fingerprint density at radius 3 is 2.93 bits per heavy atom. The molecule has 1 saturated carbocycles. The molecule has 2 heteroatoms. The molecular formula is C12H13NS. The Hall–Kier alpha value is -0.860. The SMILES string of the molecule is NCc1cccc2cc(C3CC3)sc12. The normalized spacial score (nSPS) is 16.4. The smallest absolute Gasteiger partial charge is 0.0390 e. The van der Waals surface area contributed by atoms with Gasteiger partial charge < -0.3 is 5.73 Å². The molecule has 0 bridgehead atoms. The average molecular weight is 203 g/mol. The van der Waals surface area contributed by atoms with E-state index in [-0.39, 0.29) is 0 Å². The van der Waals surface area contributed by atoms with Gasteiger partial charge >= 0.3 is 0 Å². The Balaban J connectivity index is 2.20. The predicted octanol–water partition coefficient (Wildman–Crippen LogP) is 3.24. The number of hydrogen-bond acceptors (Lipinski definition) is 2. The standard InChI is InChI=1S/C12H13NS/c13-7-10-3-1-2-9-6-11(8-4-5-8)14-12(9)10/h1-3,6,8H,4-5,7,13H2. The van der Waals surface area contributed by atoms with Crippen molar-refractivity contribution in [1.29, 1.82) is 0 Å². The van der Waals surface area contributed by atoms with Crippen molar-refractivity contribution >= 4 is 21.4 Å². The summed E-state index contributed by atoms with van der Waals surface area (Å²) in [7, 11) is 0. The van der Waals surface area contributed by atoms with Crippen LogP contribution in [-0.2, 0) is 6.54 Å². The molecule has 0 atom stereocenters. The predicted molar refractivity (Wildman–Crippen MR) is 61.7 cm³/mol. The maximum atomic E-state index is 5.72. The maximum Gasteiger partial charge on any atom is 0.0390 e. The van der Waals surface area contributed by atoms with Crippen LogP contribution in [0.2, 0.25) is 0 Å². The highest BCUT2D eigenvalue weighted by Crippen LogP contribution is 2.45. The van der Waals surface area contributed by atoms with Crippen molar-refractivity contribution < 1.29 is 0 Å². The summed E-state index contributed by atoms with van der Waals surface area (Å²) in [4.78, 5) is 1.56. The largest absolute Gasteiger partial charge is 0.326 e. The molecular weight excluding hydrogens is 190 g/mol. The number of hydrogen-bond donors (Lipinski definition) is 1. The average Bonchev–Trinajstić information content (AvgIpc) is 2.97. The molecule has 1 aromatic heterocycles. The fourth-order valence-corrected chi connectivity index (χ4v) is 3.22. The molecule has 0 spiro atoms. The summed E-state index contributed by atoms with van der Waals surface area (Å²) in [6.07, 6.45) is 2.76. The van der Waals surface area contributed by atoms with Crippen molar-refractivity contribution in [1.82, 2.24) is 0 Å². The van der Waals surface area contributed by atoms with Gasteiger partial charge in [0.25, 0.3) is 0 Å². The van der Waals surface area contributed by atoms with E-state index >= 15 is 0 Å². The van der Waals surface area contributed by atoms with Crippen LogP contribution in [0.3, 0.4) is 0 Å². The lowest BCUT2D eigenvalue weighted by atomic mass is 10.1. The molecule has 0 unspecified atom stereocenters.